The Bertz CT molecular complexity index is 886. The zero-order valence-electron chi connectivity index (χ0n) is 19.2. The Morgan fingerprint density at radius 2 is 1.77 bits per heavy atom. The van der Waals surface area contributed by atoms with Gasteiger partial charge in [-0.2, -0.15) is 0 Å². The highest BCUT2D eigenvalue weighted by molar-refractivity contribution is 5.88. The van der Waals surface area contributed by atoms with Crippen LogP contribution in [-0.4, -0.2) is 28.8 Å². The normalized spacial score (nSPS) is 15.3. The molecule has 0 unspecified atom stereocenters. The quantitative estimate of drug-likeness (QED) is 0.646. The van der Waals surface area contributed by atoms with Crippen LogP contribution in [0.2, 0.25) is 0 Å². The predicted octanol–water partition coefficient (Wildman–Crippen LogP) is 5.10. The second-order valence-corrected chi connectivity index (χ2v) is 8.88. The lowest BCUT2D eigenvalue weighted by Crippen LogP contribution is -2.52. The van der Waals surface area contributed by atoms with Crippen molar-refractivity contribution in [3.05, 3.63) is 70.8 Å². The van der Waals surface area contributed by atoms with E-state index in [4.69, 9.17) is 0 Å². The molecule has 2 amide bonds. The number of benzene rings is 2. The standard InChI is InChI=1S/C27H36N2O2/c1-4-25(27(31)28-24-15-6-5-7-16-24)29(19-22-13-10-11-20(2)17-22)26(30)18-23-14-9-8-12-21(23)3/h8-14,17,24-25H,4-7,15-16,18-19H2,1-3H3,(H,28,31)/t25-/m0/s1. The van der Waals surface area contributed by atoms with Gasteiger partial charge in [0.05, 0.1) is 6.42 Å². The molecule has 0 spiro atoms. The van der Waals surface area contributed by atoms with E-state index < -0.39 is 6.04 Å². The van der Waals surface area contributed by atoms with Crippen LogP contribution in [0.3, 0.4) is 0 Å². The van der Waals surface area contributed by atoms with Crippen molar-refractivity contribution in [1.82, 2.24) is 10.2 Å². The first-order valence-electron chi connectivity index (χ1n) is 11.7. The third-order valence-corrected chi connectivity index (χ3v) is 6.38. The number of carbonyl (C=O) groups excluding carboxylic acids is 2. The minimum atomic E-state index is -0.459. The van der Waals surface area contributed by atoms with Crippen molar-refractivity contribution in [1.29, 1.82) is 0 Å². The summed E-state index contributed by atoms with van der Waals surface area (Å²) in [6.45, 7) is 6.52. The zero-order chi connectivity index (χ0) is 22.2. The smallest absolute Gasteiger partial charge is 0.243 e. The van der Waals surface area contributed by atoms with E-state index in [0.717, 1.165) is 35.1 Å². The lowest BCUT2D eigenvalue weighted by atomic mass is 9.95. The van der Waals surface area contributed by atoms with E-state index in [1.165, 1.54) is 19.3 Å². The molecule has 0 radical (unpaired) electrons. The molecule has 31 heavy (non-hydrogen) atoms. The summed E-state index contributed by atoms with van der Waals surface area (Å²) in [5.74, 6) is -0.0124. The number of carbonyl (C=O) groups is 2. The molecule has 1 saturated carbocycles. The summed E-state index contributed by atoms with van der Waals surface area (Å²) < 4.78 is 0. The second kappa shape index (κ2) is 11.1. The Kier molecular flexibility index (Phi) is 8.27. The number of hydrogen-bond donors (Lipinski definition) is 1. The van der Waals surface area contributed by atoms with Crippen LogP contribution >= 0.6 is 0 Å². The molecule has 0 aromatic heterocycles. The van der Waals surface area contributed by atoms with Gasteiger partial charge in [0.2, 0.25) is 11.8 Å². The van der Waals surface area contributed by atoms with Crippen molar-refractivity contribution < 1.29 is 9.59 Å². The summed E-state index contributed by atoms with van der Waals surface area (Å²) in [5, 5.41) is 3.24. The van der Waals surface area contributed by atoms with Gasteiger partial charge in [-0.3, -0.25) is 9.59 Å². The van der Waals surface area contributed by atoms with Gasteiger partial charge in [-0.05, 0) is 49.8 Å². The van der Waals surface area contributed by atoms with Gasteiger partial charge in [0.1, 0.15) is 6.04 Å². The maximum atomic E-state index is 13.5. The van der Waals surface area contributed by atoms with Gasteiger partial charge in [0, 0.05) is 12.6 Å². The molecule has 0 bridgehead atoms. The van der Waals surface area contributed by atoms with Crippen LogP contribution < -0.4 is 5.32 Å². The highest BCUT2D eigenvalue weighted by Crippen LogP contribution is 2.20. The number of rotatable bonds is 8. The van der Waals surface area contributed by atoms with E-state index >= 15 is 0 Å². The van der Waals surface area contributed by atoms with Crippen molar-refractivity contribution in [3.8, 4) is 0 Å². The van der Waals surface area contributed by atoms with Gasteiger partial charge in [0.25, 0.3) is 0 Å². The third kappa shape index (κ3) is 6.43. The number of nitrogens with zero attached hydrogens (tertiary/aromatic N) is 1. The highest BCUT2D eigenvalue weighted by Gasteiger charge is 2.30. The van der Waals surface area contributed by atoms with Gasteiger partial charge in [-0.25, -0.2) is 0 Å². The summed E-state index contributed by atoms with van der Waals surface area (Å²) >= 11 is 0. The number of aryl methyl sites for hydroxylation is 2. The molecule has 3 rings (SSSR count). The lowest BCUT2D eigenvalue weighted by Gasteiger charge is -2.33. The van der Waals surface area contributed by atoms with Crippen LogP contribution in [0.5, 0.6) is 0 Å². The maximum absolute atomic E-state index is 13.5. The Balaban J connectivity index is 1.82. The van der Waals surface area contributed by atoms with Crippen LogP contribution in [0.25, 0.3) is 0 Å². The van der Waals surface area contributed by atoms with Crippen LogP contribution in [0.1, 0.15) is 67.7 Å². The molecule has 0 aliphatic heterocycles. The Labute approximate surface area is 187 Å². The van der Waals surface area contributed by atoms with Gasteiger partial charge < -0.3 is 10.2 Å². The van der Waals surface area contributed by atoms with E-state index in [2.05, 4.69) is 24.4 Å². The van der Waals surface area contributed by atoms with E-state index in [9.17, 15) is 9.59 Å². The van der Waals surface area contributed by atoms with Crippen molar-refractivity contribution in [3.63, 3.8) is 0 Å². The van der Waals surface area contributed by atoms with Crippen LogP contribution in [0, 0.1) is 13.8 Å². The molecule has 2 aromatic rings. The van der Waals surface area contributed by atoms with Gasteiger partial charge in [-0.1, -0.05) is 80.3 Å². The topological polar surface area (TPSA) is 49.4 Å². The van der Waals surface area contributed by atoms with E-state index in [1.54, 1.807) is 4.90 Å². The summed E-state index contributed by atoms with van der Waals surface area (Å²) in [6.07, 6.45) is 6.57. The van der Waals surface area contributed by atoms with Crippen LogP contribution in [0.15, 0.2) is 48.5 Å². The first-order chi connectivity index (χ1) is 15.0. The summed E-state index contributed by atoms with van der Waals surface area (Å²) in [5.41, 5.74) is 4.33. The average Bonchev–Trinajstić information content (AvgIpc) is 2.76. The molecule has 0 heterocycles. The molecule has 4 heteroatoms. The van der Waals surface area contributed by atoms with E-state index in [-0.39, 0.29) is 17.9 Å². The molecule has 1 N–H and O–H groups in total. The first-order valence-corrected chi connectivity index (χ1v) is 11.7. The molecule has 4 nitrogen and oxygen atoms in total. The predicted molar refractivity (Wildman–Crippen MR) is 126 cm³/mol. The number of amides is 2. The minimum absolute atomic E-state index is 0.00134. The maximum Gasteiger partial charge on any atom is 0.243 e. The summed E-state index contributed by atoms with van der Waals surface area (Å²) in [4.78, 5) is 28.5. The number of hydrogen-bond acceptors (Lipinski definition) is 2. The molecule has 2 aromatic carbocycles. The Morgan fingerprint density at radius 1 is 1.03 bits per heavy atom. The van der Waals surface area contributed by atoms with Gasteiger partial charge in [0.15, 0.2) is 0 Å². The van der Waals surface area contributed by atoms with Crippen LogP contribution in [-0.2, 0) is 22.6 Å². The molecule has 166 valence electrons. The fourth-order valence-electron chi connectivity index (χ4n) is 4.54. The largest absolute Gasteiger partial charge is 0.352 e. The van der Waals surface area contributed by atoms with Crippen molar-refractivity contribution in [2.75, 3.05) is 0 Å². The molecular formula is C27H36N2O2. The molecule has 1 fully saturated rings. The Morgan fingerprint density at radius 3 is 2.45 bits per heavy atom. The second-order valence-electron chi connectivity index (χ2n) is 8.88. The SMILES string of the molecule is CC[C@@H](C(=O)NC1CCCCC1)N(Cc1cccc(C)c1)C(=O)Cc1ccccc1C. The van der Waals surface area contributed by atoms with E-state index in [0.29, 0.717) is 19.4 Å². The third-order valence-electron chi connectivity index (χ3n) is 6.38. The van der Waals surface area contributed by atoms with Gasteiger partial charge >= 0.3 is 0 Å². The molecule has 1 aliphatic rings. The molecule has 1 aliphatic carbocycles. The van der Waals surface area contributed by atoms with Crippen molar-refractivity contribution in [2.45, 2.75) is 84.3 Å². The van der Waals surface area contributed by atoms with E-state index in [1.807, 2.05) is 50.2 Å². The monoisotopic (exact) mass is 420 g/mol. The van der Waals surface area contributed by atoms with Crippen molar-refractivity contribution >= 4 is 11.8 Å². The van der Waals surface area contributed by atoms with Crippen LogP contribution in [0.4, 0.5) is 0 Å². The molecule has 0 saturated heterocycles. The number of nitrogens with one attached hydrogen (secondary N) is 1. The fraction of sp³-hybridized carbons (Fsp3) is 0.481. The molecular weight excluding hydrogens is 384 g/mol. The highest BCUT2D eigenvalue weighted by atomic mass is 16.2. The summed E-state index contributed by atoms with van der Waals surface area (Å²) in [6, 6.07) is 16.0. The lowest BCUT2D eigenvalue weighted by molar-refractivity contribution is -0.141. The van der Waals surface area contributed by atoms with Gasteiger partial charge in [-0.15, -0.1) is 0 Å². The zero-order valence-corrected chi connectivity index (χ0v) is 19.2. The molecule has 1 atom stereocenters. The minimum Gasteiger partial charge on any atom is -0.352 e. The van der Waals surface area contributed by atoms with Crippen molar-refractivity contribution in [2.24, 2.45) is 0 Å². The summed E-state index contributed by atoms with van der Waals surface area (Å²) in [7, 11) is 0. The Hall–Kier alpha value is -2.62. The first kappa shape index (κ1) is 23.1. The fourth-order valence-corrected chi connectivity index (χ4v) is 4.54. The average molecular weight is 421 g/mol.